The Morgan fingerprint density at radius 3 is 2.50 bits per heavy atom. The number of hydrogen-bond donors (Lipinski definition) is 2. The van der Waals surface area contributed by atoms with Crippen molar-refractivity contribution in [1.29, 1.82) is 0 Å². The van der Waals surface area contributed by atoms with Crippen LogP contribution >= 0.6 is 12.4 Å². The maximum Gasteiger partial charge on any atom is 0.418 e. The fraction of sp³-hybridized carbons (Fsp3) is 1.00. The van der Waals surface area contributed by atoms with Gasteiger partial charge in [0.15, 0.2) is 5.60 Å². The van der Waals surface area contributed by atoms with Crippen LogP contribution in [0.15, 0.2) is 0 Å². The van der Waals surface area contributed by atoms with E-state index in [4.69, 9.17) is 4.74 Å². The van der Waals surface area contributed by atoms with Gasteiger partial charge in [0.2, 0.25) is 0 Å². The van der Waals surface area contributed by atoms with Gasteiger partial charge in [-0.2, -0.15) is 13.2 Å². The van der Waals surface area contributed by atoms with Crippen molar-refractivity contribution in [2.75, 3.05) is 20.2 Å². The Labute approximate surface area is 86.0 Å². The molecule has 3 nitrogen and oxygen atoms in total. The molecule has 1 rings (SSSR count). The first kappa shape index (κ1) is 14.0. The number of methoxy groups -OCH3 is 1. The first-order valence-electron chi connectivity index (χ1n) is 3.92. The zero-order valence-corrected chi connectivity index (χ0v) is 8.41. The number of halogens is 4. The number of nitrogens with one attached hydrogen (secondary N) is 1. The summed E-state index contributed by atoms with van der Waals surface area (Å²) >= 11 is 0. The van der Waals surface area contributed by atoms with Crippen LogP contribution in [0.1, 0.15) is 6.42 Å². The van der Waals surface area contributed by atoms with Crippen LogP contribution in [-0.4, -0.2) is 43.2 Å². The van der Waals surface area contributed by atoms with E-state index in [1.807, 2.05) is 0 Å². The second-order valence-corrected chi connectivity index (χ2v) is 3.22. The second-order valence-electron chi connectivity index (χ2n) is 3.22. The quantitative estimate of drug-likeness (QED) is 0.704. The van der Waals surface area contributed by atoms with E-state index in [0.717, 1.165) is 0 Å². The van der Waals surface area contributed by atoms with Gasteiger partial charge in [0.05, 0.1) is 6.10 Å². The average molecular weight is 236 g/mol. The van der Waals surface area contributed by atoms with Crippen molar-refractivity contribution >= 4 is 12.4 Å². The van der Waals surface area contributed by atoms with Crippen molar-refractivity contribution < 1.29 is 23.0 Å². The molecule has 7 heteroatoms. The van der Waals surface area contributed by atoms with Crippen LogP contribution in [0.5, 0.6) is 0 Å². The number of ether oxygens (including phenoxy) is 1. The molecule has 0 bridgehead atoms. The third-order valence-corrected chi connectivity index (χ3v) is 2.22. The molecule has 1 aliphatic heterocycles. The Morgan fingerprint density at radius 1 is 1.50 bits per heavy atom. The smallest absolute Gasteiger partial charge is 0.380 e. The van der Waals surface area contributed by atoms with Gasteiger partial charge in [0.25, 0.3) is 0 Å². The van der Waals surface area contributed by atoms with E-state index in [1.54, 1.807) is 0 Å². The summed E-state index contributed by atoms with van der Waals surface area (Å²) in [4.78, 5) is 0. The Morgan fingerprint density at radius 2 is 2.07 bits per heavy atom. The SMILES string of the molecule is CO[C@H]1CNC[C@](O)(C(F)(F)F)C1.Cl. The maximum atomic E-state index is 12.3. The van der Waals surface area contributed by atoms with Crippen molar-refractivity contribution in [2.45, 2.75) is 24.3 Å². The lowest BCUT2D eigenvalue weighted by Crippen LogP contribution is -2.59. The molecule has 0 aromatic carbocycles. The first-order valence-corrected chi connectivity index (χ1v) is 3.92. The Bertz CT molecular complexity index is 190. The van der Waals surface area contributed by atoms with Crippen LogP contribution in [-0.2, 0) is 4.74 Å². The summed E-state index contributed by atoms with van der Waals surface area (Å²) in [5.74, 6) is 0. The number of β-amino-alcohol motifs (C(OH)–C–C–N with tert-alkyl or cyclic N) is 1. The molecule has 1 aliphatic rings. The van der Waals surface area contributed by atoms with Crippen LogP contribution in [0.4, 0.5) is 13.2 Å². The molecule has 0 amide bonds. The van der Waals surface area contributed by atoms with Gasteiger partial charge < -0.3 is 15.2 Å². The van der Waals surface area contributed by atoms with Crippen molar-refractivity contribution in [1.82, 2.24) is 5.32 Å². The molecule has 2 N–H and O–H groups in total. The van der Waals surface area contributed by atoms with E-state index in [2.05, 4.69) is 5.32 Å². The molecule has 0 spiro atoms. The van der Waals surface area contributed by atoms with Crippen LogP contribution in [0.2, 0.25) is 0 Å². The summed E-state index contributed by atoms with van der Waals surface area (Å²) in [6, 6.07) is 0. The highest BCUT2D eigenvalue weighted by atomic mass is 35.5. The molecule has 0 saturated carbocycles. The van der Waals surface area contributed by atoms with E-state index in [9.17, 15) is 18.3 Å². The predicted molar refractivity (Wildman–Crippen MR) is 46.5 cm³/mol. The van der Waals surface area contributed by atoms with E-state index in [0.29, 0.717) is 6.54 Å². The van der Waals surface area contributed by atoms with Gasteiger partial charge in [-0.15, -0.1) is 12.4 Å². The molecule has 0 aliphatic carbocycles. The van der Waals surface area contributed by atoms with Crippen LogP contribution in [0.3, 0.4) is 0 Å². The van der Waals surface area contributed by atoms with Gasteiger partial charge in [-0.25, -0.2) is 0 Å². The molecular weight excluding hydrogens is 223 g/mol. The number of hydrogen-bond acceptors (Lipinski definition) is 3. The van der Waals surface area contributed by atoms with Gasteiger partial charge in [-0.05, 0) is 0 Å². The Kier molecular flexibility index (Phi) is 4.64. The Balaban J connectivity index is 0.00000169. The van der Waals surface area contributed by atoms with Crippen molar-refractivity contribution in [3.05, 3.63) is 0 Å². The highest BCUT2D eigenvalue weighted by Gasteiger charge is 2.55. The van der Waals surface area contributed by atoms with Crippen LogP contribution in [0.25, 0.3) is 0 Å². The molecule has 14 heavy (non-hydrogen) atoms. The van der Waals surface area contributed by atoms with Crippen LogP contribution in [0, 0.1) is 0 Å². The van der Waals surface area contributed by atoms with Crippen molar-refractivity contribution in [3.8, 4) is 0 Å². The van der Waals surface area contributed by atoms with Crippen molar-refractivity contribution in [3.63, 3.8) is 0 Å². The topological polar surface area (TPSA) is 41.5 Å². The maximum absolute atomic E-state index is 12.3. The standard InChI is InChI=1S/C7H12F3NO2.ClH/c1-13-5-2-6(12,4-11-3-5)7(8,9)10;/h5,11-12H,2-4H2,1H3;1H/t5-,6+;/m1./s1. The highest BCUT2D eigenvalue weighted by Crippen LogP contribution is 2.35. The molecule has 0 radical (unpaired) electrons. The normalized spacial score (nSPS) is 33.6. The first-order chi connectivity index (χ1) is 5.89. The lowest BCUT2D eigenvalue weighted by atomic mass is 9.92. The van der Waals surface area contributed by atoms with Gasteiger partial charge in [-0.3, -0.25) is 0 Å². The molecule has 1 heterocycles. The summed E-state index contributed by atoms with van der Waals surface area (Å²) in [6.45, 7) is -0.120. The molecule has 86 valence electrons. The Hall–Kier alpha value is -0.0400. The van der Waals surface area contributed by atoms with Gasteiger partial charge >= 0.3 is 6.18 Å². The van der Waals surface area contributed by atoms with Crippen molar-refractivity contribution in [2.24, 2.45) is 0 Å². The number of piperidine rings is 1. The minimum absolute atomic E-state index is 0. The van der Waals surface area contributed by atoms with Gasteiger partial charge in [0, 0.05) is 26.6 Å². The lowest BCUT2D eigenvalue weighted by molar-refractivity contribution is -0.272. The highest BCUT2D eigenvalue weighted by molar-refractivity contribution is 5.85. The minimum Gasteiger partial charge on any atom is -0.380 e. The molecule has 0 unspecified atom stereocenters. The summed E-state index contributed by atoms with van der Waals surface area (Å²) in [5, 5.41) is 11.7. The zero-order valence-electron chi connectivity index (χ0n) is 7.60. The lowest BCUT2D eigenvalue weighted by Gasteiger charge is -2.37. The molecule has 2 atom stereocenters. The fourth-order valence-corrected chi connectivity index (χ4v) is 1.34. The summed E-state index contributed by atoms with van der Waals surface area (Å²) in [5.41, 5.74) is -2.65. The number of rotatable bonds is 1. The third kappa shape index (κ3) is 2.73. The van der Waals surface area contributed by atoms with Gasteiger partial charge in [-0.1, -0.05) is 0 Å². The fourth-order valence-electron chi connectivity index (χ4n) is 1.34. The van der Waals surface area contributed by atoms with E-state index in [1.165, 1.54) is 7.11 Å². The molecule has 1 fully saturated rings. The van der Waals surface area contributed by atoms with E-state index >= 15 is 0 Å². The van der Waals surface area contributed by atoms with Gasteiger partial charge in [0.1, 0.15) is 0 Å². The molecular formula is C7H13ClF3NO2. The second kappa shape index (κ2) is 4.65. The number of aliphatic hydroxyl groups is 1. The summed E-state index contributed by atoms with van der Waals surface area (Å²) in [6.07, 6.45) is -5.59. The molecule has 1 saturated heterocycles. The minimum atomic E-state index is -4.60. The third-order valence-electron chi connectivity index (χ3n) is 2.22. The van der Waals surface area contributed by atoms with E-state index < -0.39 is 30.8 Å². The molecule has 0 aromatic rings. The average Bonchev–Trinajstić information content (AvgIpc) is 2.02. The predicted octanol–water partition coefficient (Wildman–Crippen LogP) is 0.710. The monoisotopic (exact) mass is 235 g/mol. The largest absolute Gasteiger partial charge is 0.418 e. The van der Waals surface area contributed by atoms with Crippen LogP contribution < -0.4 is 5.32 Å². The summed E-state index contributed by atoms with van der Waals surface area (Å²) in [7, 11) is 1.33. The molecule has 0 aromatic heterocycles. The zero-order chi connectivity index (χ0) is 10.1. The summed E-state index contributed by atoms with van der Waals surface area (Å²) < 4.78 is 41.6. The van der Waals surface area contributed by atoms with E-state index in [-0.39, 0.29) is 12.4 Å². The number of alkyl halides is 3.